The number of carbonyl (C=O) groups excluding carboxylic acids is 1. The van der Waals surface area contributed by atoms with Crippen LogP contribution in [0.1, 0.15) is 44.8 Å². The summed E-state index contributed by atoms with van der Waals surface area (Å²) in [6.45, 7) is 8.98. The number of halogens is 1. The van der Waals surface area contributed by atoms with Crippen LogP contribution < -0.4 is 4.74 Å². The highest BCUT2D eigenvalue weighted by atomic mass is 35.5. The first-order chi connectivity index (χ1) is 11.9. The normalized spacial score (nSPS) is 12.2. The Kier molecular flexibility index (Phi) is 7.26. The molecule has 0 bridgehead atoms. The van der Waals surface area contributed by atoms with Crippen LogP contribution in [0, 0.1) is 5.92 Å². The smallest absolute Gasteiger partial charge is 0.225 e. The van der Waals surface area contributed by atoms with Gasteiger partial charge in [-0.05, 0) is 31.5 Å². The molecule has 0 aliphatic heterocycles. The molecule has 1 aromatic carbocycles. The second-order valence-electron chi connectivity index (χ2n) is 6.36. The van der Waals surface area contributed by atoms with Crippen LogP contribution in [0.4, 0.5) is 0 Å². The average Bonchev–Trinajstić information content (AvgIpc) is 3.04. The third kappa shape index (κ3) is 5.72. The van der Waals surface area contributed by atoms with Crippen molar-refractivity contribution in [1.29, 1.82) is 0 Å². The van der Waals surface area contributed by atoms with E-state index in [1.807, 2.05) is 42.3 Å². The van der Waals surface area contributed by atoms with E-state index in [0.29, 0.717) is 18.2 Å². The summed E-state index contributed by atoms with van der Waals surface area (Å²) >= 11 is 7.50. The molecule has 1 aromatic heterocycles. The van der Waals surface area contributed by atoms with Crippen molar-refractivity contribution in [1.82, 2.24) is 9.88 Å². The van der Waals surface area contributed by atoms with Gasteiger partial charge >= 0.3 is 0 Å². The van der Waals surface area contributed by atoms with Crippen LogP contribution in [0.2, 0.25) is 5.02 Å². The number of carbonyl (C=O) groups is 1. The molecule has 0 saturated heterocycles. The Hall–Kier alpha value is -1.59. The van der Waals surface area contributed by atoms with Gasteiger partial charge in [0.2, 0.25) is 5.91 Å². The van der Waals surface area contributed by atoms with Gasteiger partial charge in [-0.1, -0.05) is 38.4 Å². The first-order valence-electron chi connectivity index (χ1n) is 8.52. The van der Waals surface area contributed by atoms with E-state index < -0.39 is 0 Å². The van der Waals surface area contributed by atoms with E-state index in [2.05, 4.69) is 18.8 Å². The van der Waals surface area contributed by atoms with E-state index in [1.54, 1.807) is 17.4 Å². The zero-order valence-electron chi connectivity index (χ0n) is 15.2. The number of hydrogen-bond acceptors (Lipinski definition) is 4. The summed E-state index contributed by atoms with van der Waals surface area (Å²) in [5.41, 5.74) is 0.906. The number of amides is 1. The van der Waals surface area contributed by atoms with E-state index in [9.17, 15) is 4.79 Å². The molecule has 1 atom stereocenters. The molecule has 0 fully saturated rings. The highest BCUT2D eigenvalue weighted by Crippen LogP contribution is 2.21. The highest BCUT2D eigenvalue weighted by molar-refractivity contribution is 7.09. The number of hydrogen-bond donors (Lipinski definition) is 0. The summed E-state index contributed by atoms with van der Waals surface area (Å²) in [6, 6.07) is 7.51. The molecule has 0 unspecified atom stereocenters. The molecule has 136 valence electrons. The standard InChI is InChI=1S/C19H25ClN2O2S/c1-5-14(4)22(19(23)13(2)3)10-16-12-25-18(21-16)11-24-17-8-6-7-15(20)9-17/h6-9,12-14H,5,10-11H2,1-4H3/t14-/m0/s1. The van der Waals surface area contributed by atoms with Crippen molar-refractivity contribution in [3.8, 4) is 5.75 Å². The summed E-state index contributed by atoms with van der Waals surface area (Å²) in [7, 11) is 0. The van der Waals surface area contributed by atoms with E-state index in [4.69, 9.17) is 16.3 Å². The van der Waals surface area contributed by atoms with Crippen molar-refractivity contribution in [2.24, 2.45) is 5.92 Å². The molecule has 6 heteroatoms. The number of benzene rings is 1. The van der Waals surface area contributed by atoms with Gasteiger partial charge in [0, 0.05) is 22.4 Å². The van der Waals surface area contributed by atoms with Crippen molar-refractivity contribution in [3.63, 3.8) is 0 Å². The Balaban J connectivity index is 2.00. The fourth-order valence-corrected chi connectivity index (χ4v) is 3.24. The average molecular weight is 381 g/mol. The minimum atomic E-state index is -0.0155. The van der Waals surface area contributed by atoms with Gasteiger partial charge in [0.1, 0.15) is 17.4 Å². The van der Waals surface area contributed by atoms with Gasteiger partial charge in [-0.25, -0.2) is 4.98 Å². The third-order valence-electron chi connectivity index (χ3n) is 3.99. The van der Waals surface area contributed by atoms with Crippen LogP contribution in [0.3, 0.4) is 0 Å². The SMILES string of the molecule is CC[C@H](C)N(Cc1csc(COc2cccc(Cl)c2)n1)C(=O)C(C)C. The van der Waals surface area contributed by atoms with Crippen LogP contribution in [0.25, 0.3) is 0 Å². The quantitative estimate of drug-likeness (QED) is 0.635. The number of rotatable bonds is 8. The van der Waals surface area contributed by atoms with Crippen LogP contribution in [-0.4, -0.2) is 21.8 Å². The van der Waals surface area contributed by atoms with Gasteiger partial charge in [-0.2, -0.15) is 0 Å². The lowest BCUT2D eigenvalue weighted by Crippen LogP contribution is -2.40. The molecule has 1 amide bonds. The Morgan fingerprint density at radius 3 is 2.76 bits per heavy atom. The van der Waals surface area contributed by atoms with Crippen LogP contribution in [0.5, 0.6) is 5.75 Å². The molecule has 0 aliphatic carbocycles. The minimum Gasteiger partial charge on any atom is -0.486 e. The van der Waals surface area contributed by atoms with Crippen molar-refractivity contribution < 1.29 is 9.53 Å². The van der Waals surface area contributed by atoms with Gasteiger partial charge < -0.3 is 9.64 Å². The molecule has 0 spiro atoms. The van der Waals surface area contributed by atoms with Gasteiger partial charge in [0.05, 0.1) is 12.2 Å². The maximum atomic E-state index is 12.5. The second kappa shape index (κ2) is 9.20. The lowest BCUT2D eigenvalue weighted by atomic mass is 10.1. The number of aromatic nitrogens is 1. The van der Waals surface area contributed by atoms with E-state index >= 15 is 0 Å². The molecular formula is C19H25ClN2O2S. The van der Waals surface area contributed by atoms with Crippen molar-refractivity contribution >= 4 is 28.8 Å². The number of ether oxygens (including phenoxy) is 1. The fraction of sp³-hybridized carbons (Fsp3) is 0.474. The Bertz CT molecular complexity index is 702. The molecule has 1 heterocycles. The lowest BCUT2D eigenvalue weighted by Gasteiger charge is -2.29. The number of thiazole rings is 1. The Morgan fingerprint density at radius 1 is 1.36 bits per heavy atom. The van der Waals surface area contributed by atoms with E-state index in [1.165, 1.54) is 0 Å². The Labute approximate surface area is 158 Å². The van der Waals surface area contributed by atoms with Gasteiger partial charge in [-0.3, -0.25) is 4.79 Å². The van der Waals surface area contributed by atoms with Crippen LogP contribution in [0.15, 0.2) is 29.6 Å². The molecule has 0 N–H and O–H groups in total. The third-order valence-corrected chi connectivity index (χ3v) is 5.10. The molecule has 25 heavy (non-hydrogen) atoms. The van der Waals surface area contributed by atoms with Crippen molar-refractivity contribution in [2.75, 3.05) is 0 Å². The zero-order chi connectivity index (χ0) is 18.4. The van der Waals surface area contributed by atoms with Crippen LogP contribution >= 0.6 is 22.9 Å². The van der Waals surface area contributed by atoms with Gasteiger partial charge in [0.15, 0.2) is 0 Å². The molecule has 0 aliphatic rings. The lowest BCUT2D eigenvalue weighted by molar-refractivity contribution is -0.137. The maximum Gasteiger partial charge on any atom is 0.225 e. The molecular weight excluding hydrogens is 356 g/mol. The summed E-state index contributed by atoms with van der Waals surface area (Å²) in [5, 5.41) is 3.53. The van der Waals surface area contributed by atoms with Gasteiger partial charge in [0.25, 0.3) is 0 Å². The molecule has 0 radical (unpaired) electrons. The molecule has 2 rings (SSSR count). The first kappa shape index (κ1) is 19.7. The summed E-state index contributed by atoms with van der Waals surface area (Å²) in [4.78, 5) is 19.0. The van der Waals surface area contributed by atoms with Crippen molar-refractivity contribution in [3.05, 3.63) is 45.4 Å². The first-order valence-corrected chi connectivity index (χ1v) is 9.78. The fourth-order valence-electron chi connectivity index (χ4n) is 2.37. The topological polar surface area (TPSA) is 42.4 Å². The summed E-state index contributed by atoms with van der Waals surface area (Å²) in [6.07, 6.45) is 0.924. The predicted molar refractivity (Wildman–Crippen MR) is 103 cm³/mol. The maximum absolute atomic E-state index is 12.5. The largest absolute Gasteiger partial charge is 0.486 e. The minimum absolute atomic E-state index is 0.0155. The monoisotopic (exact) mass is 380 g/mol. The molecule has 0 saturated carbocycles. The van der Waals surface area contributed by atoms with Crippen LogP contribution in [-0.2, 0) is 17.9 Å². The van der Waals surface area contributed by atoms with E-state index in [-0.39, 0.29) is 17.9 Å². The second-order valence-corrected chi connectivity index (χ2v) is 7.74. The van der Waals surface area contributed by atoms with Gasteiger partial charge in [-0.15, -0.1) is 11.3 Å². The zero-order valence-corrected chi connectivity index (χ0v) is 16.7. The van der Waals surface area contributed by atoms with Crippen molar-refractivity contribution in [2.45, 2.75) is 53.3 Å². The predicted octanol–water partition coefficient (Wildman–Crippen LogP) is 5.16. The highest BCUT2D eigenvalue weighted by Gasteiger charge is 2.22. The number of nitrogens with zero attached hydrogens (tertiary/aromatic N) is 2. The van der Waals surface area contributed by atoms with E-state index in [0.717, 1.165) is 22.9 Å². The summed E-state index contributed by atoms with van der Waals surface area (Å²) in [5.74, 6) is 0.873. The Morgan fingerprint density at radius 2 is 2.12 bits per heavy atom. The summed E-state index contributed by atoms with van der Waals surface area (Å²) < 4.78 is 5.73. The molecule has 4 nitrogen and oxygen atoms in total. The molecule has 2 aromatic rings.